The van der Waals surface area contributed by atoms with Gasteiger partial charge in [-0.15, -0.1) is 0 Å². The van der Waals surface area contributed by atoms with Gasteiger partial charge in [-0.25, -0.2) is 0 Å². The van der Waals surface area contributed by atoms with Crippen molar-refractivity contribution >= 4 is 47.3 Å². The molecular weight excluding hydrogens is 538 g/mol. The van der Waals surface area contributed by atoms with Gasteiger partial charge in [0.15, 0.2) is 0 Å². The van der Waals surface area contributed by atoms with Gasteiger partial charge < -0.3 is 32.3 Å². The van der Waals surface area contributed by atoms with Crippen LogP contribution in [0.1, 0.15) is 32.1 Å². The Balaban J connectivity index is 1.75. The highest BCUT2D eigenvalue weighted by Gasteiger charge is 2.25. The van der Waals surface area contributed by atoms with Gasteiger partial charge in [-0.2, -0.15) is 0 Å². The van der Waals surface area contributed by atoms with E-state index in [2.05, 4.69) is 26.6 Å². The maximum Gasteiger partial charge on any atom is 0.253 e. The lowest BCUT2D eigenvalue weighted by Gasteiger charge is -2.22. The second-order valence-electron chi connectivity index (χ2n) is 9.27. The lowest BCUT2D eigenvalue weighted by molar-refractivity contribution is -0.137. The van der Waals surface area contributed by atoms with Crippen LogP contribution in [0.3, 0.4) is 0 Å². The Morgan fingerprint density at radius 1 is 0.829 bits per heavy atom. The molecule has 15 nitrogen and oxygen atoms in total. The van der Waals surface area contributed by atoms with Gasteiger partial charge in [-0.05, 0) is 25.2 Å². The molecule has 0 saturated heterocycles. The summed E-state index contributed by atoms with van der Waals surface area (Å²) in [7, 11) is 0. The molecule has 0 aromatic heterocycles. The number of nitrogens with two attached hydrogens (primary N) is 1. The molecule has 0 aromatic carbocycles. The lowest BCUT2D eigenvalue weighted by Crippen LogP contribution is -2.52. The monoisotopic (exact) mass is 573 g/mol. The molecule has 2 atom stereocenters. The van der Waals surface area contributed by atoms with Crippen molar-refractivity contribution in [2.75, 3.05) is 32.7 Å². The quantitative estimate of drug-likeness (QED) is 0.0776. The van der Waals surface area contributed by atoms with Crippen molar-refractivity contribution in [2.45, 2.75) is 38.1 Å². The number of amides is 8. The molecule has 1 aliphatic carbocycles. The highest BCUT2D eigenvalue weighted by atomic mass is 16.2. The molecular formula is C26H35N7O8. The number of nitrogens with one attached hydrogen (secondary N) is 5. The summed E-state index contributed by atoms with van der Waals surface area (Å²) in [5.41, 5.74) is 5.05. The van der Waals surface area contributed by atoms with E-state index in [1.54, 1.807) is 0 Å². The highest BCUT2D eigenvalue weighted by molar-refractivity contribution is 6.13. The van der Waals surface area contributed by atoms with E-state index in [1.165, 1.54) is 0 Å². The molecule has 0 fully saturated rings. The number of allylic oxidation sites excluding steroid dienone is 4. The van der Waals surface area contributed by atoms with Crippen molar-refractivity contribution in [2.24, 2.45) is 11.7 Å². The molecule has 0 saturated carbocycles. The maximum atomic E-state index is 12.8. The largest absolute Gasteiger partial charge is 0.370 e. The highest BCUT2D eigenvalue weighted by Crippen LogP contribution is 2.17. The van der Waals surface area contributed by atoms with Crippen LogP contribution in [-0.4, -0.2) is 90.9 Å². The Bertz CT molecular complexity index is 1110. The summed E-state index contributed by atoms with van der Waals surface area (Å²) in [6, 6.07) is -0.992. The van der Waals surface area contributed by atoms with Gasteiger partial charge >= 0.3 is 0 Å². The average molecular weight is 574 g/mol. The van der Waals surface area contributed by atoms with Gasteiger partial charge in [0.25, 0.3) is 11.8 Å². The summed E-state index contributed by atoms with van der Waals surface area (Å²) in [5.74, 6) is -4.51. The molecule has 222 valence electrons. The van der Waals surface area contributed by atoms with Crippen LogP contribution in [0.15, 0.2) is 36.5 Å². The first kappa shape index (κ1) is 32.4. The Labute approximate surface area is 236 Å². The Morgan fingerprint density at radius 2 is 1.46 bits per heavy atom. The number of carbonyl (C=O) groups is 8. The molecule has 1 heterocycles. The van der Waals surface area contributed by atoms with Crippen molar-refractivity contribution in [1.82, 2.24) is 31.5 Å². The zero-order valence-corrected chi connectivity index (χ0v) is 22.5. The number of carbonyl (C=O) groups excluding carboxylic acids is 8. The zero-order chi connectivity index (χ0) is 30.2. The van der Waals surface area contributed by atoms with Crippen LogP contribution in [0.2, 0.25) is 0 Å². The number of imide groups is 1. The molecule has 41 heavy (non-hydrogen) atoms. The van der Waals surface area contributed by atoms with E-state index < -0.39 is 66.4 Å². The van der Waals surface area contributed by atoms with Gasteiger partial charge in [0.1, 0.15) is 6.04 Å². The third-order valence-corrected chi connectivity index (χ3v) is 5.96. The Hall–Kier alpha value is -4.82. The predicted octanol–water partition coefficient (Wildman–Crippen LogP) is -2.96. The molecule has 2 unspecified atom stereocenters. The van der Waals surface area contributed by atoms with Gasteiger partial charge in [0.2, 0.25) is 35.4 Å². The summed E-state index contributed by atoms with van der Waals surface area (Å²) in [6.45, 7) is -1.17. The van der Waals surface area contributed by atoms with Crippen LogP contribution in [0, 0.1) is 5.92 Å². The molecule has 15 heteroatoms. The van der Waals surface area contributed by atoms with Gasteiger partial charge in [0, 0.05) is 38.1 Å². The number of nitrogens with zero attached hydrogens (tertiary/aromatic N) is 1. The number of hydrogen-bond acceptors (Lipinski definition) is 8. The number of primary amides is 1. The summed E-state index contributed by atoms with van der Waals surface area (Å²) in [4.78, 5) is 96.0. The minimum Gasteiger partial charge on any atom is -0.370 e. The normalized spacial score (nSPS) is 16.2. The van der Waals surface area contributed by atoms with Crippen LogP contribution in [0.5, 0.6) is 0 Å². The summed E-state index contributed by atoms with van der Waals surface area (Å²) < 4.78 is 0. The van der Waals surface area contributed by atoms with E-state index in [1.807, 2.05) is 24.3 Å². The minimum atomic E-state index is -0.992. The number of hydrogen-bond donors (Lipinski definition) is 6. The van der Waals surface area contributed by atoms with E-state index >= 15 is 0 Å². The molecule has 0 spiro atoms. The minimum absolute atomic E-state index is 0.0367. The van der Waals surface area contributed by atoms with Crippen molar-refractivity contribution in [1.29, 1.82) is 0 Å². The maximum absolute atomic E-state index is 12.8. The van der Waals surface area contributed by atoms with Gasteiger partial charge in [0.05, 0.1) is 19.6 Å². The Kier molecular flexibility index (Phi) is 13.4. The fraction of sp³-hybridized carbons (Fsp3) is 0.462. The molecule has 8 amide bonds. The molecule has 0 radical (unpaired) electrons. The third-order valence-electron chi connectivity index (χ3n) is 5.96. The molecule has 7 N–H and O–H groups in total. The van der Waals surface area contributed by atoms with E-state index in [9.17, 15) is 38.4 Å². The molecule has 2 aliphatic rings. The standard InChI is InChI=1S/C26H35N7O8/c27-19(34)7-4-11-28-21(36)15-31-26(41)18(13-17-5-2-1-3-6-17)32-23(38)16-30-22(37)14-29-20(35)10-12-33-24(39)8-9-25(33)40/h1-3,5,8-9,17-18H,4,6-7,10-16H2,(H2,27,34)(H,28,36)(H,29,35)(H,30,37)(H,31,41)(H,32,38). The molecule has 0 bridgehead atoms. The second kappa shape index (κ2) is 17.0. The van der Waals surface area contributed by atoms with Crippen LogP contribution in [0.25, 0.3) is 0 Å². The molecule has 2 rings (SSSR count). The van der Waals surface area contributed by atoms with Gasteiger partial charge in [-0.3, -0.25) is 43.3 Å². The topological polar surface area (TPSA) is 226 Å². The van der Waals surface area contributed by atoms with Crippen LogP contribution < -0.4 is 32.3 Å². The smallest absolute Gasteiger partial charge is 0.253 e. The number of rotatable bonds is 17. The van der Waals surface area contributed by atoms with Crippen molar-refractivity contribution in [3.63, 3.8) is 0 Å². The van der Waals surface area contributed by atoms with Crippen LogP contribution >= 0.6 is 0 Å². The molecule has 0 aromatic rings. The fourth-order valence-corrected chi connectivity index (χ4v) is 3.80. The lowest BCUT2D eigenvalue weighted by atomic mass is 9.93. The zero-order valence-electron chi connectivity index (χ0n) is 22.5. The van der Waals surface area contributed by atoms with Crippen LogP contribution in [-0.2, 0) is 38.4 Å². The second-order valence-corrected chi connectivity index (χ2v) is 9.27. The van der Waals surface area contributed by atoms with E-state index in [0.29, 0.717) is 12.8 Å². The third kappa shape index (κ3) is 12.7. The summed E-state index contributed by atoms with van der Waals surface area (Å²) in [6.07, 6.45) is 10.9. The fourth-order valence-electron chi connectivity index (χ4n) is 3.80. The van der Waals surface area contributed by atoms with Gasteiger partial charge in [-0.1, -0.05) is 24.3 Å². The first-order valence-electron chi connectivity index (χ1n) is 13.1. The average Bonchev–Trinajstić information content (AvgIpc) is 3.27. The SMILES string of the molecule is NC(=O)CCCNC(=O)CNC(=O)C(CC1C=CC=CC1)NC(=O)CNC(=O)CNC(=O)CCN1C(=O)C=CC1=O. The van der Waals surface area contributed by atoms with Crippen molar-refractivity contribution < 1.29 is 38.4 Å². The van der Waals surface area contributed by atoms with Crippen molar-refractivity contribution in [3.8, 4) is 0 Å². The predicted molar refractivity (Wildman–Crippen MR) is 144 cm³/mol. The summed E-state index contributed by atoms with van der Waals surface area (Å²) >= 11 is 0. The summed E-state index contributed by atoms with van der Waals surface area (Å²) in [5, 5.41) is 12.3. The Morgan fingerprint density at radius 3 is 2.12 bits per heavy atom. The van der Waals surface area contributed by atoms with Crippen LogP contribution in [0.4, 0.5) is 0 Å². The first-order valence-corrected chi connectivity index (χ1v) is 13.1. The van der Waals surface area contributed by atoms with E-state index in [4.69, 9.17) is 5.73 Å². The van der Waals surface area contributed by atoms with E-state index in [0.717, 1.165) is 17.1 Å². The van der Waals surface area contributed by atoms with E-state index in [-0.39, 0.29) is 44.8 Å². The molecule has 1 aliphatic heterocycles. The first-order chi connectivity index (χ1) is 19.5. The van der Waals surface area contributed by atoms with Crippen molar-refractivity contribution in [3.05, 3.63) is 36.5 Å².